The molecule has 0 aromatic rings. The fourth-order valence-corrected chi connectivity index (χ4v) is 6.10. The van der Waals surface area contributed by atoms with Gasteiger partial charge < -0.3 is 4.74 Å². The number of carbonyl (C=O) groups excluding carboxylic acids is 2. The summed E-state index contributed by atoms with van der Waals surface area (Å²) in [6.07, 6.45) is 8.03. The van der Waals surface area contributed by atoms with Gasteiger partial charge in [0.2, 0.25) is 0 Å². The van der Waals surface area contributed by atoms with Crippen LogP contribution in [0.25, 0.3) is 0 Å². The Kier molecular flexibility index (Phi) is 4.42. The van der Waals surface area contributed by atoms with Crippen LogP contribution in [-0.2, 0) is 14.3 Å². The van der Waals surface area contributed by atoms with Gasteiger partial charge in [-0.3, -0.25) is 9.59 Å². The van der Waals surface area contributed by atoms with E-state index in [4.69, 9.17) is 4.74 Å². The third-order valence-electron chi connectivity index (χ3n) is 7.57. The zero-order valence-corrected chi connectivity index (χ0v) is 15.9. The molecule has 3 rings (SSSR count). The van der Waals surface area contributed by atoms with Gasteiger partial charge in [0.05, 0.1) is 12.5 Å². The minimum atomic E-state index is -0.510. The summed E-state index contributed by atoms with van der Waals surface area (Å²) in [7, 11) is 1.48. The second-order valence-electron chi connectivity index (χ2n) is 9.06. The SMILES string of the molecule is COC(=O)C1(C)CCCC2(C)C3CCC(C(C)C)=CC3C(=O)CC12. The first-order valence-electron chi connectivity index (χ1n) is 9.55. The highest BCUT2D eigenvalue weighted by Crippen LogP contribution is 2.63. The zero-order chi connectivity index (χ0) is 17.7. The Hall–Kier alpha value is -1.12. The fraction of sp³-hybridized carbons (Fsp3) is 0.810. The Morgan fingerprint density at radius 1 is 1.29 bits per heavy atom. The van der Waals surface area contributed by atoms with Gasteiger partial charge in [-0.15, -0.1) is 0 Å². The van der Waals surface area contributed by atoms with E-state index in [0.717, 1.165) is 32.1 Å². The van der Waals surface area contributed by atoms with Crippen molar-refractivity contribution in [2.24, 2.45) is 34.5 Å². The Bertz CT molecular complexity index is 576. The number of fused-ring (bicyclic) bond motifs is 3. The van der Waals surface area contributed by atoms with E-state index in [1.54, 1.807) is 0 Å². The highest BCUT2D eigenvalue weighted by molar-refractivity contribution is 5.86. The van der Waals surface area contributed by atoms with Crippen LogP contribution < -0.4 is 0 Å². The van der Waals surface area contributed by atoms with Gasteiger partial charge in [-0.1, -0.05) is 38.8 Å². The molecule has 2 saturated carbocycles. The molecule has 0 aliphatic heterocycles. The predicted molar refractivity (Wildman–Crippen MR) is 94.3 cm³/mol. The molecule has 0 aromatic heterocycles. The van der Waals surface area contributed by atoms with E-state index in [0.29, 0.717) is 24.0 Å². The van der Waals surface area contributed by atoms with Crippen LogP contribution in [0, 0.1) is 34.5 Å². The number of carbonyl (C=O) groups is 2. The van der Waals surface area contributed by atoms with Gasteiger partial charge in [0.1, 0.15) is 5.78 Å². The number of ketones is 1. The molecule has 0 aromatic carbocycles. The maximum Gasteiger partial charge on any atom is 0.311 e. The summed E-state index contributed by atoms with van der Waals surface area (Å²) in [4.78, 5) is 25.5. The Labute approximate surface area is 146 Å². The smallest absolute Gasteiger partial charge is 0.311 e. The number of ether oxygens (including phenoxy) is 1. The predicted octanol–water partition coefficient (Wildman–Crippen LogP) is 4.55. The topological polar surface area (TPSA) is 43.4 Å². The minimum Gasteiger partial charge on any atom is -0.469 e. The van der Waals surface area contributed by atoms with E-state index in [9.17, 15) is 9.59 Å². The molecule has 3 heteroatoms. The normalized spacial score (nSPS) is 42.2. The summed E-state index contributed by atoms with van der Waals surface area (Å²) in [5.74, 6) is 1.31. The first-order valence-corrected chi connectivity index (χ1v) is 9.55. The lowest BCUT2D eigenvalue weighted by atomic mass is 9.44. The average Bonchev–Trinajstić information content (AvgIpc) is 2.56. The molecule has 5 unspecified atom stereocenters. The van der Waals surface area contributed by atoms with Gasteiger partial charge in [0.15, 0.2) is 0 Å². The molecular formula is C21H32O3. The van der Waals surface area contributed by atoms with Crippen LogP contribution in [0.4, 0.5) is 0 Å². The summed E-state index contributed by atoms with van der Waals surface area (Å²) in [5, 5.41) is 0. The third kappa shape index (κ3) is 2.46. The maximum absolute atomic E-state index is 13.0. The molecule has 3 aliphatic rings. The average molecular weight is 332 g/mol. The lowest BCUT2D eigenvalue weighted by Crippen LogP contribution is -2.57. The van der Waals surface area contributed by atoms with Crippen molar-refractivity contribution in [3.63, 3.8) is 0 Å². The monoisotopic (exact) mass is 332 g/mol. The highest BCUT2D eigenvalue weighted by atomic mass is 16.5. The molecule has 0 heterocycles. The largest absolute Gasteiger partial charge is 0.469 e. The quantitative estimate of drug-likeness (QED) is 0.550. The van der Waals surface area contributed by atoms with Crippen LogP contribution in [-0.4, -0.2) is 18.9 Å². The van der Waals surface area contributed by atoms with Gasteiger partial charge in [-0.25, -0.2) is 0 Å². The number of methoxy groups -OCH3 is 1. The van der Waals surface area contributed by atoms with Gasteiger partial charge in [0.25, 0.3) is 0 Å². The molecule has 24 heavy (non-hydrogen) atoms. The molecule has 3 nitrogen and oxygen atoms in total. The molecular weight excluding hydrogens is 300 g/mol. The van der Waals surface area contributed by atoms with E-state index < -0.39 is 5.41 Å². The number of Topliss-reactive ketones (excluding diaryl/α,β-unsaturated/α-hetero) is 1. The summed E-state index contributed by atoms with van der Waals surface area (Å²) < 4.78 is 5.14. The maximum atomic E-state index is 13.0. The Morgan fingerprint density at radius 2 is 2.00 bits per heavy atom. The van der Waals surface area contributed by atoms with Gasteiger partial charge >= 0.3 is 5.97 Å². The summed E-state index contributed by atoms with van der Waals surface area (Å²) >= 11 is 0. The molecule has 2 fully saturated rings. The lowest BCUT2D eigenvalue weighted by molar-refractivity contribution is -0.174. The molecule has 0 radical (unpaired) electrons. The standard InChI is InChI=1S/C21H32O3/c1-13(2)14-7-8-16-15(11-14)17(22)12-18-20(16,3)9-6-10-21(18,4)19(23)24-5/h11,13,15-16,18H,6-10,12H2,1-5H3. The number of rotatable bonds is 2. The number of esters is 1. The fourth-order valence-electron chi connectivity index (χ4n) is 6.10. The van der Waals surface area contributed by atoms with Crippen LogP contribution in [0.5, 0.6) is 0 Å². The van der Waals surface area contributed by atoms with Crippen molar-refractivity contribution >= 4 is 11.8 Å². The van der Waals surface area contributed by atoms with Crippen LogP contribution in [0.1, 0.15) is 66.2 Å². The minimum absolute atomic E-state index is 0.0670. The van der Waals surface area contributed by atoms with Crippen molar-refractivity contribution in [3.05, 3.63) is 11.6 Å². The molecule has 0 spiro atoms. The molecule has 0 N–H and O–H groups in total. The van der Waals surface area contributed by atoms with Crippen LogP contribution in [0.2, 0.25) is 0 Å². The van der Waals surface area contributed by atoms with Crippen molar-refractivity contribution in [2.45, 2.75) is 66.2 Å². The number of hydrogen-bond acceptors (Lipinski definition) is 3. The number of allylic oxidation sites excluding steroid dienone is 2. The summed E-state index contributed by atoms with van der Waals surface area (Å²) in [5.41, 5.74) is 1.00. The first kappa shape index (κ1) is 17.7. The Balaban J connectivity index is 1.99. The molecule has 0 saturated heterocycles. The van der Waals surface area contributed by atoms with Crippen molar-refractivity contribution in [3.8, 4) is 0 Å². The van der Waals surface area contributed by atoms with E-state index in [1.165, 1.54) is 12.7 Å². The summed E-state index contributed by atoms with van der Waals surface area (Å²) in [6.45, 7) is 8.82. The van der Waals surface area contributed by atoms with Crippen LogP contribution in [0.15, 0.2) is 11.6 Å². The zero-order valence-electron chi connectivity index (χ0n) is 15.9. The molecule has 3 aliphatic carbocycles. The van der Waals surface area contributed by atoms with Crippen molar-refractivity contribution < 1.29 is 14.3 Å². The molecule has 0 bridgehead atoms. The highest BCUT2D eigenvalue weighted by Gasteiger charge is 2.61. The second kappa shape index (κ2) is 6.00. The van der Waals surface area contributed by atoms with E-state index in [1.807, 2.05) is 6.92 Å². The van der Waals surface area contributed by atoms with Gasteiger partial charge in [0, 0.05) is 12.3 Å². The number of hydrogen-bond donors (Lipinski definition) is 0. The lowest BCUT2D eigenvalue weighted by Gasteiger charge is -2.59. The first-order chi connectivity index (χ1) is 11.2. The van der Waals surface area contributed by atoms with Crippen molar-refractivity contribution in [1.29, 1.82) is 0 Å². The van der Waals surface area contributed by atoms with E-state index >= 15 is 0 Å². The second-order valence-corrected chi connectivity index (χ2v) is 9.06. The van der Waals surface area contributed by atoms with Gasteiger partial charge in [-0.05, 0) is 55.8 Å². The van der Waals surface area contributed by atoms with Gasteiger partial charge in [-0.2, -0.15) is 0 Å². The third-order valence-corrected chi connectivity index (χ3v) is 7.57. The van der Waals surface area contributed by atoms with Crippen LogP contribution >= 0.6 is 0 Å². The van der Waals surface area contributed by atoms with E-state index in [2.05, 4.69) is 26.8 Å². The van der Waals surface area contributed by atoms with Crippen molar-refractivity contribution in [2.75, 3.05) is 7.11 Å². The molecule has 134 valence electrons. The molecule has 5 atom stereocenters. The van der Waals surface area contributed by atoms with Crippen molar-refractivity contribution in [1.82, 2.24) is 0 Å². The van der Waals surface area contributed by atoms with E-state index in [-0.39, 0.29) is 23.2 Å². The molecule has 0 amide bonds. The van der Waals surface area contributed by atoms with Crippen LogP contribution in [0.3, 0.4) is 0 Å². The Morgan fingerprint density at radius 3 is 2.62 bits per heavy atom. The summed E-state index contributed by atoms with van der Waals surface area (Å²) in [6, 6.07) is 0.